The minimum atomic E-state index is -0.178. The molecule has 8 rings (SSSR count). The number of esters is 1. The van der Waals surface area contributed by atoms with E-state index in [1.54, 1.807) is 0 Å². The lowest BCUT2D eigenvalue weighted by molar-refractivity contribution is -0.139. The Hall–Kier alpha value is -3.51. The molecule has 6 heterocycles. The van der Waals surface area contributed by atoms with E-state index in [1.807, 2.05) is 0 Å². The van der Waals surface area contributed by atoms with E-state index in [9.17, 15) is 4.79 Å². The van der Waals surface area contributed by atoms with Crippen molar-refractivity contribution in [2.45, 2.75) is 44.3 Å². The van der Waals surface area contributed by atoms with Crippen molar-refractivity contribution < 1.29 is 9.53 Å². The molecule has 4 unspecified atom stereocenters. The summed E-state index contributed by atoms with van der Waals surface area (Å²) in [5, 5.41) is 2.64. The zero-order valence-corrected chi connectivity index (χ0v) is 21.4. The third-order valence-corrected chi connectivity index (χ3v) is 10.00. The summed E-state index contributed by atoms with van der Waals surface area (Å²) in [4.78, 5) is 25.9. The van der Waals surface area contributed by atoms with Gasteiger partial charge in [-0.15, -0.1) is 0 Å². The molecule has 4 aromatic rings. The van der Waals surface area contributed by atoms with Gasteiger partial charge in [-0.3, -0.25) is 4.90 Å². The molecule has 2 aromatic carbocycles. The van der Waals surface area contributed by atoms with E-state index in [4.69, 9.17) is 4.74 Å². The number of aromatic amines is 2. The van der Waals surface area contributed by atoms with Gasteiger partial charge in [0.2, 0.25) is 0 Å². The highest BCUT2D eigenvalue weighted by Crippen LogP contribution is 2.53. The van der Waals surface area contributed by atoms with E-state index >= 15 is 0 Å². The van der Waals surface area contributed by atoms with E-state index in [2.05, 4.69) is 81.4 Å². The third kappa shape index (κ3) is 2.88. The van der Waals surface area contributed by atoms with Gasteiger partial charge in [0.25, 0.3) is 0 Å². The summed E-state index contributed by atoms with van der Waals surface area (Å²) < 4.78 is 5.37. The van der Waals surface area contributed by atoms with Crippen molar-refractivity contribution in [3.8, 4) is 0 Å². The predicted octanol–water partition coefficient (Wildman–Crippen LogP) is 5.07. The average molecular weight is 493 g/mol. The molecule has 4 aliphatic heterocycles. The first kappa shape index (κ1) is 21.6. The van der Waals surface area contributed by atoms with Crippen LogP contribution in [0.25, 0.3) is 21.8 Å². The number of piperidine rings is 1. The summed E-state index contributed by atoms with van der Waals surface area (Å²) in [6, 6.07) is 17.6. The van der Waals surface area contributed by atoms with Crippen molar-refractivity contribution in [2.24, 2.45) is 11.8 Å². The number of hydrogen-bond acceptors (Lipinski definition) is 4. The molecule has 0 aliphatic carbocycles. The molecule has 0 radical (unpaired) electrons. The number of fused-ring (bicyclic) bond motifs is 11. The maximum Gasteiger partial charge on any atom is 0.335 e. The zero-order valence-electron chi connectivity index (χ0n) is 21.4. The maximum atomic E-state index is 13.2. The Morgan fingerprint density at radius 1 is 1.03 bits per heavy atom. The van der Waals surface area contributed by atoms with Crippen LogP contribution in [-0.2, 0) is 28.9 Å². The minimum absolute atomic E-state index is 0.0677. The number of carbonyl (C=O) groups excluding carboxylic acids is 1. The number of aromatic nitrogens is 2. The number of H-pyrrole nitrogens is 2. The molecular weight excluding hydrogens is 460 g/mol. The van der Waals surface area contributed by atoms with Crippen LogP contribution in [0, 0.1) is 11.8 Å². The van der Waals surface area contributed by atoms with Crippen molar-refractivity contribution in [1.82, 2.24) is 19.8 Å². The van der Waals surface area contributed by atoms with Crippen molar-refractivity contribution >= 4 is 27.8 Å². The lowest BCUT2D eigenvalue weighted by Gasteiger charge is -2.59. The molecule has 4 atom stereocenters. The number of nitrogens with one attached hydrogen (secondary N) is 2. The van der Waals surface area contributed by atoms with Crippen LogP contribution >= 0.6 is 0 Å². The summed E-state index contributed by atoms with van der Waals surface area (Å²) in [6.07, 6.45) is 5.12. The standard InChI is InChI=1S/C31H32N4O2/c1-31-14-27-22(19-8-4-5-9-25(19)32-27)15-35(31)16-23(30(36)37-2)21-13-28-29-20(11-12-34(28)17-24(21)31)18-7-3-6-10-26(18)33-29/h3-10,16,21,24,28,32-33H,11-15,17H2,1-2H3. The SMILES string of the molecule is COC(=O)C1=CN2Cc3c([nH]c4ccccc34)CC2(C)C2CN3CCc4c([nH]c5ccccc45)C3CC12. The molecule has 4 aliphatic rings. The van der Waals surface area contributed by atoms with Gasteiger partial charge in [0.15, 0.2) is 0 Å². The van der Waals surface area contributed by atoms with Gasteiger partial charge < -0.3 is 19.6 Å². The highest BCUT2D eigenvalue weighted by molar-refractivity contribution is 5.90. The normalized spacial score (nSPS) is 28.6. The van der Waals surface area contributed by atoms with Gasteiger partial charge in [-0.1, -0.05) is 36.4 Å². The number of ether oxygens (including phenoxy) is 1. The van der Waals surface area contributed by atoms with Gasteiger partial charge in [-0.25, -0.2) is 4.79 Å². The number of nitrogens with zero attached hydrogens (tertiary/aromatic N) is 2. The van der Waals surface area contributed by atoms with Gasteiger partial charge in [-0.05, 0) is 37.5 Å². The summed E-state index contributed by atoms with van der Waals surface area (Å²) >= 11 is 0. The lowest BCUT2D eigenvalue weighted by atomic mass is 9.62. The second-order valence-corrected chi connectivity index (χ2v) is 11.6. The van der Waals surface area contributed by atoms with Crippen molar-refractivity contribution in [3.63, 3.8) is 0 Å². The predicted molar refractivity (Wildman–Crippen MR) is 144 cm³/mol. The average Bonchev–Trinajstić information content (AvgIpc) is 3.48. The topological polar surface area (TPSA) is 64.4 Å². The molecule has 2 aromatic heterocycles. The van der Waals surface area contributed by atoms with Crippen LogP contribution in [0.5, 0.6) is 0 Å². The molecule has 2 N–H and O–H groups in total. The minimum Gasteiger partial charge on any atom is -0.466 e. The van der Waals surface area contributed by atoms with Crippen LogP contribution in [0.2, 0.25) is 0 Å². The van der Waals surface area contributed by atoms with Gasteiger partial charge in [0, 0.05) is 88.4 Å². The zero-order chi connectivity index (χ0) is 24.9. The van der Waals surface area contributed by atoms with E-state index < -0.39 is 0 Å². The van der Waals surface area contributed by atoms with Gasteiger partial charge in [-0.2, -0.15) is 0 Å². The Balaban J connectivity index is 1.23. The van der Waals surface area contributed by atoms with Crippen LogP contribution in [0.15, 0.2) is 60.3 Å². The molecule has 1 fully saturated rings. The number of rotatable bonds is 1. The molecule has 188 valence electrons. The Bertz CT molecular complexity index is 1610. The molecule has 0 amide bonds. The number of hydrogen-bond donors (Lipinski definition) is 2. The molecule has 1 saturated heterocycles. The highest BCUT2D eigenvalue weighted by Gasteiger charge is 2.55. The fourth-order valence-corrected chi connectivity index (χ4v) is 8.13. The number of benzene rings is 2. The Labute approximate surface area is 216 Å². The molecule has 0 saturated carbocycles. The number of carbonyl (C=O) groups is 1. The molecule has 0 bridgehead atoms. The fourth-order valence-electron chi connectivity index (χ4n) is 8.13. The van der Waals surface area contributed by atoms with E-state index in [-0.39, 0.29) is 17.4 Å². The molecule has 37 heavy (non-hydrogen) atoms. The second kappa shape index (κ2) is 7.51. The Morgan fingerprint density at radius 2 is 1.76 bits per heavy atom. The van der Waals surface area contributed by atoms with Crippen LogP contribution in [0.1, 0.15) is 41.9 Å². The van der Waals surface area contributed by atoms with Crippen LogP contribution in [0.4, 0.5) is 0 Å². The van der Waals surface area contributed by atoms with Crippen LogP contribution < -0.4 is 0 Å². The van der Waals surface area contributed by atoms with Gasteiger partial charge >= 0.3 is 5.97 Å². The van der Waals surface area contributed by atoms with Crippen LogP contribution in [-0.4, -0.2) is 51.5 Å². The Kier molecular flexibility index (Phi) is 4.38. The summed E-state index contributed by atoms with van der Waals surface area (Å²) in [7, 11) is 1.52. The van der Waals surface area contributed by atoms with Gasteiger partial charge in [0.1, 0.15) is 0 Å². The smallest absolute Gasteiger partial charge is 0.335 e. The van der Waals surface area contributed by atoms with Crippen molar-refractivity contribution in [3.05, 3.63) is 82.8 Å². The van der Waals surface area contributed by atoms with E-state index in [1.165, 1.54) is 51.4 Å². The van der Waals surface area contributed by atoms with Crippen molar-refractivity contribution in [2.75, 3.05) is 20.2 Å². The lowest BCUT2D eigenvalue weighted by Crippen LogP contribution is -2.63. The van der Waals surface area contributed by atoms with Crippen LogP contribution in [0.3, 0.4) is 0 Å². The molecule has 0 spiro atoms. The molecular formula is C31H32N4O2. The fraction of sp³-hybridized carbons (Fsp3) is 0.387. The summed E-state index contributed by atoms with van der Waals surface area (Å²) in [6.45, 7) is 5.28. The second-order valence-electron chi connectivity index (χ2n) is 11.6. The first-order chi connectivity index (χ1) is 18.0. The molecule has 6 heteroatoms. The third-order valence-electron chi connectivity index (χ3n) is 10.00. The van der Waals surface area contributed by atoms with E-state index in [0.29, 0.717) is 12.0 Å². The largest absolute Gasteiger partial charge is 0.466 e. The molecule has 6 nitrogen and oxygen atoms in total. The highest BCUT2D eigenvalue weighted by atomic mass is 16.5. The first-order valence-electron chi connectivity index (χ1n) is 13.5. The summed E-state index contributed by atoms with van der Waals surface area (Å²) in [5.74, 6) is 0.328. The monoisotopic (exact) mass is 492 g/mol. The van der Waals surface area contributed by atoms with Crippen molar-refractivity contribution in [1.29, 1.82) is 0 Å². The number of methoxy groups -OCH3 is 1. The van der Waals surface area contributed by atoms with E-state index in [0.717, 1.165) is 44.5 Å². The first-order valence-corrected chi connectivity index (χ1v) is 13.5. The Morgan fingerprint density at radius 3 is 2.54 bits per heavy atom. The quantitative estimate of drug-likeness (QED) is 0.364. The van der Waals surface area contributed by atoms with Gasteiger partial charge in [0.05, 0.1) is 18.7 Å². The maximum absolute atomic E-state index is 13.2. The number of para-hydroxylation sites is 2. The summed E-state index contributed by atoms with van der Waals surface area (Å²) in [5.41, 5.74) is 8.73.